The second-order valence-electron chi connectivity index (χ2n) is 4.55. The number of carboxylic acid groups (broad SMARTS) is 1. The molecule has 1 atom stereocenters. The second-order valence-corrected chi connectivity index (χ2v) is 4.55. The maximum Gasteiger partial charge on any atom is 0.304 e. The van der Waals surface area contributed by atoms with Gasteiger partial charge in [-0.2, -0.15) is 0 Å². The largest absolute Gasteiger partial charge is 0.496 e. The van der Waals surface area contributed by atoms with Crippen LogP contribution in [0.3, 0.4) is 0 Å². The van der Waals surface area contributed by atoms with Crippen molar-refractivity contribution >= 4 is 5.97 Å². The number of hydrogen-bond acceptors (Lipinski definition) is 4. The van der Waals surface area contributed by atoms with Gasteiger partial charge in [-0.15, -0.1) is 0 Å². The van der Waals surface area contributed by atoms with E-state index in [0.717, 1.165) is 11.3 Å². The average molecular weight is 251 g/mol. The van der Waals surface area contributed by atoms with Gasteiger partial charge in [0.1, 0.15) is 5.75 Å². The normalized spacial score (nSPS) is 18.8. The van der Waals surface area contributed by atoms with Crippen LogP contribution in [0.25, 0.3) is 0 Å². The maximum atomic E-state index is 10.8. The molecular weight excluding hydrogens is 234 g/mol. The molecule has 18 heavy (non-hydrogen) atoms. The first-order chi connectivity index (χ1) is 8.60. The fraction of sp³-hybridized carbons (Fsp3) is 0.462. The van der Waals surface area contributed by atoms with Gasteiger partial charge in [-0.25, -0.2) is 0 Å². The minimum Gasteiger partial charge on any atom is -0.496 e. The Morgan fingerprint density at radius 1 is 1.56 bits per heavy atom. The van der Waals surface area contributed by atoms with Crippen molar-refractivity contribution in [2.24, 2.45) is 5.73 Å². The summed E-state index contributed by atoms with van der Waals surface area (Å²) >= 11 is 0. The van der Waals surface area contributed by atoms with Gasteiger partial charge in [-0.1, -0.05) is 18.2 Å². The van der Waals surface area contributed by atoms with Crippen LogP contribution in [0, 0.1) is 0 Å². The van der Waals surface area contributed by atoms with Gasteiger partial charge in [0.05, 0.1) is 32.2 Å². The van der Waals surface area contributed by atoms with E-state index in [1.54, 1.807) is 7.11 Å². The summed E-state index contributed by atoms with van der Waals surface area (Å²) in [5, 5.41) is 8.89. The number of nitrogens with two attached hydrogens (primary N) is 1. The number of rotatable bonds is 5. The van der Waals surface area contributed by atoms with Crippen molar-refractivity contribution in [3.05, 3.63) is 29.8 Å². The summed E-state index contributed by atoms with van der Waals surface area (Å²) in [6.07, 6.45) is -0.0819. The van der Waals surface area contributed by atoms with Crippen molar-refractivity contribution in [3.63, 3.8) is 0 Å². The predicted octanol–water partition coefficient (Wildman–Crippen LogP) is 0.765. The number of carboxylic acids is 1. The highest BCUT2D eigenvalue weighted by molar-refractivity contribution is 5.68. The molecule has 1 aliphatic rings. The van der Waals surface area contributed by atoms with Gasteiger partial charge in [0.25, 0.3) is 0 Å². The van der Waals surface area contributed by atoms with Crippen LogP contribution in [0.2, 0.25) is 0 Å². The lowest BCUT2D eigenvalue weighted by Gasteiger charge is -2.46. The highest BCUT2D eigenvalue weighted by Crippen LogP contribution is 2.40. The molecular formula is C13H17NO4. The topological polar surface area (TPSA) is 81.8 Å². The van der Waals surface area contributed by atoms with Crippen LogP contribution in [-0.2, 0) is 14.9 Å². The van der Waals surface area contributed by atoms with Crippen LogP contribution in [0.1, 0.15) is 12.0 Å². The van der Waals surface area contributed by atoms with Crippen molar-refractivity contribution in [2.75, 3.05) is 20.3 Å². The molecule has 0 radical (unpaired) electrons. The van der Waals surface area contributed by atoms with Gasteiger partial charge in [0.15, 0.2) is 0 Å². The quantitative estimate of drug-likeness (QED) is 0.807. The SMILES string of the molecule is COc1ccccc1C1(C(N)CC(=O)O)COC1. The Morgan fingerprint density at radius 2 is 2.22 bits per heavy atom. The van der Waals surface area contributed by atoms with E-state index < -0.39 is 17.4 Å². The van der Waals surface area contributed by atoms with E-state index >= 15 is 0 Å². The number of ether oxygens (including phenoxy) is 2. The van der Waals surface area contributed by atoms with E-state index in [4.69, 9.17) is 20.3 Å². The zero-order valence-electron chi connectivity index (χ0n) is 10.3. The van der Waals surface area contributed by atoms with Gasteiger partial charge in [-0.3, -0.25) is 4.79 Å². The molecule has 1 unspecified atom stereocenters. The van der Waals surface area contributed by atoms with E-state index in [-0.39, 0.29) is 6.42 Å². The smallest absolute Gasteiger partial charge is 0.304 e. The van der Waals surface area contributed by atoms with Crippen LogP contribution < -0.4 is 10.5 Å². The van der Waals surface area contributed by atoms with E-state index in [2.05, 4.69) is 0 Å². The number of benzene rings is 1. The van der Waals surface area contributed by atoms with Gasteiger partial charge in [0.2, 0.25) is 0 Å². The monoisotopic (exact) mass is 251 g/mol. The molecule has 0 bridgehead atoms. The molecule has 3 N–H and O–H groups in total. The summed E-state index contributed by atoms with van der Waals surface area (Å²) in [6.45, 7) is 0.865. The molecule has 0 aliphatic carbocycles. The fourth-order valence-corrected chi connectivity index (χ4v) is 2.33. The second kappa shape index (κ2) is 4.96. The molecule has 1 aromatic rings. The Balaban J connectivity index is 2.34. The lowest BCUT2D eigenvalue weighted by molar-refractivity contribution is -0.140. The van der Waals surface area contributed by atoms with Crippen molar-refractivity contribution < 1.29 is 19.4 Å². The Labute approximate surface area is 106 Å². The molecule has 0 amide bonds. The molecule has 1 aromatic carbocycles. The maximum absolute atomic E-state index is 10.8. The molecule has 1 aliphatic heterocycles. The Morgan fingerprint density at radius 3 is 2.72 bits per heavy atom. The highest BCUT2D eigenvalue weighted by atomic mass is 16.5. The summed E-state index contributed by atoms with van der Waals surface area (Å²) in [6, 6.07) is 7.05. The molecule has 1 heterocycles. The molecule has 0 saturated carbocycles. The first kappa shape index (κ1) is 12.9. The molecule has 5 heteroatoms. The van der Waals surface area contributed by atoms with Crippen LogP contribution in [0.15, 0.2) is 24.3 Å². The van der Waals surface area contributed by atoms with E-state index in [9.17, 15) is 4.79 Å². The Hall–Kier alpha value is -1.59. The average Bonchev–Trinajstić information content (AvgIpc) is 2.27. The third-order valence-corrected chi connectivity index (χ3v) is 3.47. The van der Waals surface area contributed by atoms with E-state index in [0.29, 0.717) is 13.2 Å². The Bertz CT molecular complexity index is 442. The van der Waals surface area contributed by atoms with E-state index in [1.807, 2.05) is 24.3 Å². The standard InChI is InChI=1S/C13H17NO4/c1-17-10-5-3-2-4-9(10)13(7-18-8-13)11(14)6-12(15)16/h2-5,11H,6-8,14H2,1H3,(H,15,16). The zero-order chi connectivity index (χ0) is 13.2. The number of aliphatic carboxylic acids is 1. The zero-order valence-corrected chi connectivity index (χ0v) is 10.3. The molecule has 0 spiro atoms. The van der Waals surface area contributed by atoms with Gasteiger partial charge in [0, 0.05) is 11.6 Å². The summed E-state index contributed by atoms with van der Waals surface area (Å²) in [5.41, 5.74) is 6.52. The molecule has 1 fully saturated rings. The summed E-state index contributed by atoms with van der Waals surface area (Å²) < 4.78 is 10.6. The number of methoxy groups -OCH3 is 1. The fourth-order valence-electron chi connectivity index (χ4n) is 2.33. The molecule has 0 aromatic heterocycles. The number of hydrogen-bond donors (Lipinski definition) is 2. The Kier molecular flexibility index (Phi) is 3.54. The van der Waals surface area contributed by atoms with Gasteiger partial charge < -0.3 is 20.3 Å². The number of carbonyl (C=O) groups is 1. The molecule has 5 nitrogen and oxygen atoms in total. The predicted molar refractivity (Wildman–Crippen MR) is 65.7 cm³/mol. The number of para-hydroxylation sites is 1. The van der Waals surface area contributed by atoms with Crippen LogP contribution in [0.5, 0.6) is 5.75 Å². The summed E-state index contributed by atoms with van der Waals surface area (Å²) in [4.78, 5) is 10.8. The highest BCUT2D eigenvalue weighted by Gasteiger charge is 2.47. The van der Waals surface area contributed by atoms with Gasteiger partial charge in [-0.05, 0) is 6.07 Å². The van der Waals surface area contributed by atoms with Crippen LogP contribution in [-0.4, -0.2) is 37.4 Å². The van der Waals surface area contributed by atoms with Crippen LogP contribution >= 0.6 is 0 Å². The van der Waals surface area contributed by atoms with Crippen molar-refractivity contribution in [1.29, 1.82) is 0 Å². The third kappa shape index (κ3) is 2.07. The van der Waals surface area contributed by atoms with Crippen molar-refractivity contribution in [3.8, 4) is 5.75 Å². The lowest BCUT2D eigenvalue weighted by Crippen LogP contribution is -2.59. The van der Waals surface area contributed by atoms with Crippen LogP contribution in [0.4, 0.5) is 0 Å². The van der Waals surface area contributed by atoms with Crippen molar-refractivity contribution in [2.45, 2.75) is 17.9 Å². The summed E-state index contributed by atoms with van der Waals surface area (Å²) in [5.74, 6) is -0.176. The molecule has 2 rings (SSSR count). The summed E-state index contributed by atoms with van der Waals surface area (Å²) in [7, 11) is 1.59. The lowest BCUT2D eigenvalue weighted by atomic mass is 9.71. The van der Waals surface area contributed by atoms with Crippen molar-refractivity contribution in [1.82, 2.24) is 0 Å². The third-order valence-electron chi connectivity index (χ3n) is 3.47. The first-order valence-electron chi connectivity index (χ1n) is 5.79. The minimum absolute atomic E-state index is 0.0819. The minimum atomic E-state index is -0.899. The van der Waals surface area contributed by atoms with E-state index in [1.165, 1.54) is 0 Å². The molecule has 1 saturated heterocycles. The van der Waals surface area contributed by atoms with Gasteiger partial charge >= 0.3 is 5.97 Å². The first-order valence-corrected chi connectivity index (χ1v) is 5.79. The molecule has 98 valence electrons.